The molecule has 0 amide bonds. The summed E-state index contributed by atoms with van der Waals surface area (Å²) in [6, 6.07) is 14.1. The van der Waals surface area contributed by atoms with Gasteiger partial charge in [0.1, 0.15) is 5.75 Å². The average molecular weight is 293 g/mol. The lowest BCUT2D eigenvalue weighted by molar-refractivity contribution is 0.414. The Labute approximate surface area is 132 Å². The van der Waals surface area contributed by atoms with E-state index in [1.54, 1.807) is 6.21 Å². The van der Waals surface area contributed by atoms with Crippen LogP contribution in [0.25, 0.3) is 0 Å². The van der Waals surface area contributed by atoms with Gasteiger partial charge in [0.2, 0.25) is 0 Å². The number of aliphatic imine (C=N–C) groups is 1. The standard InChI is InChI=1S/C20H23NO/c1-15-12-13-18(16-8-4-2-5-9-16)20(22)19(15)14-21-17-10-6-3-7-11-17/h3,6-7,10-14,16,22H,2,4-5,8-9H2,1H3. The molecule has 1 aliphatic rings. The molecule has 22 heavy (non-hydrogen) atoms. The lowest BCUT2D eigenvalue weighted by Crippen LogP contribution is -2.06. The van der Waals surface area contributed by atoms with Gasteiger partial charge in [-0.1, -0.05) is 49.6 Å². The van der Waals surface area contributed by atoms with Gasteiger partial charge >= 0.3 is 0 Å². The molecule has 2 heteroatoms. The van der Waals surface area contributed by atoms with Gasteiger partial charge in [0.25, 0.3) is 0 Å². The first-order valence-electron chi connectivity index (χ1n) is 8.17. The first kappa shape index (κ1) is 14.8. The molecule has 0 heterocycles. The number of nitrogens with zero attached hydrogens (tertiary/aromatic N) is 1. The molecule has 0 atom stereocenters. The van der Waals surface area contributed by atoms with Gasteiger partial charge in [0, 0.05) is 11.8 Å². The van der Waals surface area contributed by atoms with Crippen LogP contribution in [0, 0.1) is 6.92 Å². The first-order chi connectivity index (χ1) is 10.8. The predicted molar refractivity (Wildman–Crippen MR) is 92.4 cm³/mol. The van der Waals surface area contributed by atoms with Gasteiger partial charge in [-0.15, -0.1) is 0 Å². The Hall–Kier alpha value is -2.09. The Morgan fingerprint density at radius 3 is 2.45 bits per heavy atom. The molecule has 1 N–H and O–H groups in total. The summed E-state index contributed by atoms with van der Waals surface area (Å²) < 4.78 is 0. The highest BCUT2D eigenvalue weighted by Crippen LogP contribution is 2.39. The van der Waals surface area contributed by atoms with Gasteiger partial charge in [0.05, 0.1) is 5.69 Å². The quantitative estimate of drug-likeness (QED) is 0.745. The summed E-state index contributed by atoms with van der Waals surface area (Å²) >= 11 is 0. The third kappa shape index (κ3) is 3.22. The Bertz CT molecular complexity index is 655. The predicted octanol–water partition coefficient (Wildman–Crippen LogP) is 5.50. The molecule has 0 aromatic heterocycles. The molecule has 0 saturated heterocycles. The van der Waals surface area contributed by atoms with E-state index in [1.165, 1.54) is 32.1 Å². The summed E-state index contributed by atoms with van der Waals surface area (Å²) in [6.07, 6.45) is 8.03. The van der Waals surface area contributed by atoms with Gasteiger partial charge in [0.15, 0.2) is 0 Å². The fourth-order valence-corrected chi connectivity index (χ4v) is 3.28. The van der Waals surface area contributed by atoms with E-state index < -0.39 is 0 Å². The second-order valence-electron chi connectivity index (χ2n) is 6.16. The zero-order valence-corrected chi connectivity index (χ0v) is 13.1. The fourth-order valence-electron chi connectivity index (χ4n) is 3.28. The smallest absolute Gasteiger partial charge is 0.128 e. The van der Waals surface area contributed by atoms with E-state index in [2.05, 4.69) is 17.1 Å². The highest BCUT2D eigenvalue weighted by atomic mass is 16.3. The number of benzene rings is 2. The first-order valence-corrected chi connectivity index (χ1v) is 8.17. The van der Waals surface area contributed by atoms with Crippen LogP contribution in [0.2, 0.25) is 0 Å². The van der Waals surface area contributed by atoms with E-state index in [0.717, 1.165) is 22.4 Å². The molecule has 1 saturated carbocycles. The molecule has 3 rings (SSSR count). The number of hydrogen-bond acceptors (Lipinski definition) is 2. The number of para-hydroxylation sites is 1. The van der Waals surface area contributed by atoms with Crippen molar-refractivity contribution in [2.24, 2.45) is 4.99 Å². The maximum absolute atomic E-state index is 10.7. The van der Waals surface area contributed by atoms with Crippen LogP contribution in [0.3, 0.4) is 0 Å². The van der Waals surface area contributed by atoms with Crippen LogP contribution >= 0.6 is 0 Å². The number of hydrogen-bond donors (Lipinski definition) is 1. The highest BCUT2D eigenvalue weighted by molar-refractivity contribution is 5.88. The van der Waals surface area contributed by atoms with Crippen molar-refractivity contribution in [3.63, 3.8) is 0 Å². The summed E-state index contributed by atoms with van der Waals surface area (Å²) in [5, 5.41) is 10.7. The fraction of sp³-hybridized carbons (Fsp3) is 0.350. The third-order valence-corrected chi connectivity index (χ3v) is 4.61. The highest BCUT2D eigenvalue weighted by Gasteiger charge is 2.20. The molecule has 0 aliphatic heterocycles. The third-order valence-electron chi connectivity index (χ3n) is 4.61. The monoisotopic (exact) mass is 293 g/mol. The summed E-state index contributed by atoms with van der Waals surface area (Å²) in [7, 11) is 0. The van der Waals surface area contributed by atoms with Crippen molar-refractivity contribution >= 4 is 11.9 Å². The molecule has 114 valence electrons. The maximum Gasteiger partial charge on any atom is 0.128 e. The summed E-state index contributed by atoms with van der Waals surface area (Å²) in [5.74, 6) is 0.921. The normalized spacial score (nSPS) is 16.2. The van der Waals surface area contributed by atoms with Crippen molar-refractivity contribution < 1.29 is 5.11 Å². The van der Waals surface area contributed by atoms with Crippen LogP contribution in [-0.2, 0) is 0 Å². The summed E-state index contributed by atoms with van der Waals surface area (Å²) in [4.78, 5) is 4.50. The lowest BCUT2D eigenvalue weighted by atomic mass is 9.82. The molecule has 0 radical (unpaired) electrons. The van der Waals surface area contributed by atoms with Gasteiger partial charge < -0.3 is 5.11 Å². The van der Waals surface area contributed by atoms with E-state index in [4.69, 9.17) is 0 Å². The van der Waals surface area contributed by atoms with Crippen molar-refractivity contribution in [3.05, 3.63) is 59.2 Å². The number of aryl methyl sites for hydroxylation is 1. The second kappa shape index (κ2) is 6.78. The molecular formula is C20H23NO. The van der Waals surface area contributed by atoms with Gasteiger partial charge in [-0.05, 0) is 48.9 Å². The topological polar surface area (TPSA) is 32.6 Å². The largest absolute Gasteiger partial charge is 0.507 e. The number of phenols is 1. The minimum Gasteiger partial charge on any atom is -0.507 e. The molecule has 0 unspecified atom stereocenters. The van der Waals surface area contributed by atoms with Crippen molar-refractivity contribution in [2.45, 2.75) is 44.9 Å². The number of phenolic OH excluding ortho intramolecular Hbond substituents is 1. The van der Waals surface area contributed by atoms with Crippen LogP contribution in [0.4, 0.5) is 5.69 Å². The van der Waals surface area contributed by atoms with Crippen LogP contribution in [0.1, 0.15) is 54.7 Å². The van der Waals surface area contributed by atoms with Crippen molar-refractivity contribution in [2.75, 3.05) is 0 Å². The maximum atomic E-state index is 10.7. The zero-order chi connectivity index (χ0) is 15.4. The van der Waals surface area contributed by atoms with Gasteiger partial charge in [-0.25, -0.2) is 0 Å². The van der Waals surface area contributed by atoms with Crippen molar-refractivity contribution in [3.8, 4) is 5.75 Å². The summed E-state index contributed by atoms with van der Waals surface area (Å²) in [5.41, 5.74) is 3.92. The van der Waals surface area contributed by atoms with E-state index in [0.29, 0.717) is 11.7 Å². The Morgan fingerprint density at radius 1 is 1.00 bits per heavy atom. The SMILES string of the molecule is Cc1ccc(C2CCCCC2)c(O)c1C=Nc1ccccc1. The molecule has 2 aromatic rings. The molecule has 2 aromatic carbocycles. The molecule has 1 fully saturated rings. The van der Waals surface area contributed by atoms with Gasteiger partial charge in [-0.3, -0.25) is 4.99 Å². The Balaban J connectivity index is 1.91. The van der Waals surface area contributed by atoms with Crippen molar-refractivity contribution in [1.29, 1.82) is 0 Å². The Morgan fingerprint density at radius 2 is 1.73 bits per heavy atom. The average Bonchev–Trinajstić information content (AvgIpc) is 2.56. The van der Waals surface area contributed by atoms with Gasteiger partial charge in [-0.2, -0.15) is 0 Å². The second-order valence-corrected chi connectivity index (χ2v) is 6.16. The van der Waals surface area contributed by atoms with E-state index >= 15 is 0 Å². The minimum atomic E-state index is 0.423. The van der Waals surface area contributed by atoms with Crippen LogP contribution < -0.4 is 0 Å². The molecule has 0 spiro atoms. The minimum absolute atomic E-state index is 0.423. The number of aromatic hydroxyl groups is 1. The Kier molecular flexibility index (Phi) is 4.57. The lowest BCUT2D eigenvalue weighted by Gasteiger charge is -2.23. The van der Waals surface area contributed by atoms with E-state index in [1.807, 2.05) is 37.3 Å². The molecular weight excluding hydrogens is 270 g/mol. The summed E-state index contributed by atoms with van der Waals surface area (Å²) in [6.45, 7) is 2.02. The molecule has 1 aliphatic carbocycles. The zero-order valence-electron chi connectivity index (χ0n) is 13.1. The van der Waals surface area contributed by atoms with E-state index in [-0.39, 0.29) is 0 Å². The molecule has 0 bridgehead atoms. The van der Waals surface area contributed by atoms with Crippen molar-refractivity contribution in [1.82, 2.24) is 0 Å². The number of rotatable bonds is 3. The van der Waals surface area contributed by atoms with Crippen LogP contribution in [0.5, 0.6) is 5.75 Å². The van der Waals surface area contributed by atoms with Crippen LogP contribution in [-0.4, -0.2) is 11.3 Å². The molecule has 2 nitrogen and oxygen atoms in total. The van der Waals surface area contributed by atoms with E-state index in [9.17, 15) is 5.11 Å². The van der Waals surface area contributed by atoms with Crippen LogP contribution in [0.15, 0.2) is 47.5 Å².